The molecular weight excluding hydrogens is 296 g/mol. The Morgan fingerprint density at radius 1 is 1.20 bits per heavy atom. The van der Waals surface area contributed by atoms with Crippen LogP contribution in [0.25, 0.3) is 0 Å². The lowest BCUT2D eigenvalue weighted by Gasteiger charge is -2.33. The van der Waals surface area contributed by atoms with Crippen molar-refractivity contribution in [3.05, 3.63) is 28.8 Å². The summed E-state index contributed by atoms with van der Waals surface area (Å²) < 4.78 is 26.7. The lowest BCUT2D eigenvalue weighted by atomic mass is 10.2. The van der Waals surface area contributed by atoms with E-state index in [1.165, 1.54) is 0 Å². The maximum absolute atomic E-state index is 12.6. The zero-order valence-corrected chi connectivity index (χ0v) is 13.5. The van der Waals surface area contributed by atoms with Gasteiger partial charge in [0.2, 0.25) is 10.0 Å². The van der Waals surface area contributed by atoms with E-state index in [0.717, 1.165) is 31.6 Å². The first kappa shape index (κ1) is 15.8. The summed E-state index contributed by atoms with van der Waals surface area (Å²) in [6.45, 7) is 7.72. The Labute approximate surface area is 126 Å². The van der Waals surface area contributed by atoms with E-state index in [-0.39, 0.29) is 0 Å². The molecule has 1 aromatic rings. The average molecular weight is 317 g/mol. The van der Waals surface area contributed by atoms with Crippen LogP contribution in [-0.4, -0.2) is 50.3 Å². The number of aryl methyl sites for hydroxylation is 1. The van der Waals surface area contributed by atoms with Gasteiger partial charge in [0.15, 0.2) is 0 Å². The molecule has 0 bridgehead atoms. The van der Waals surface area contributed by atoms with Crippen LogP contribution >= 0.6 is 11.6 Å². The van der Waals surface area contributed by atoms with Gasteiger partial charge in [0.05, 0.1) is 4.90 Å². The molecule has 0 amide bonds. The molecule has 0 saturated carbocycles. The molecular formula is C14H21ClN2O2S. The molecule has 0 aliphatic carbocycles. The third-order valence-corrected chi connectivity index (χ3v) is 5.96. The lowest BCUT2D eigenvalue weighted by molar-refractivity contribution is 0.188. The van der Waals surface area contributed by atoms with Gasteiger partial charge in [-0.2, -0.15) is 4.31 Å². The van der Waals surface area contributed by atoms with Gasteiger partial charge in [-0.05, 0) is 43.7 Å². The molecule has 1 fully saturated rings. The fourth-order valence-electron chi connectivity index (χ4n) is 2.44. The highest BCUT2D eigenvalue weighted by atomic mass is 35.5. The average Bonchev–Trinajstić information content (AvgIpc) is 2.43. The first-order chi connectivity index (χ1) is 9.45. The minimum atomic E-state index is -3.39. The van der Waals surface area contributed by atoms with E-state index in [1.54, 1.807) is 22.5 Å². The summed E-state index contributed by atoms with van der Waals surface area (Å²) in [7, 11) is -3.39. The van der Waals surface area contributed by atoms with Crippen molar-refractivity contribution in [1.29, 1.82) is 0 Å². The third-order valence-electron chi connectivity index (χ3n) is 3.64. The van der Waals surface area contributed by atoms with Crippen LogP contribution < -0.4 is 0 Å². The Kier molecular flexibility index (Phi) is 5.07. The standard InChI is InChI=1S/C14H21ClN2O2S/c1-3-6-16-7-9-17(10-8-16)20(18,19)13-4-5-14(15)12(2)11-13/h4-5,11H,3,6-10H2,1-2H3. The molecule has 0 atom stereocenters. The van der Waals surface area contributed by atoms with Crippen molar-refractivity contribution in [2.45, 2.75) is 25.2 Å². The predicted molar refractivity (Wildman–Crippen MR) is 81.7 cm³/mol. The van der Waals surface area contributed by atoms with E-state index in [4.69, 9.17) is 11.6 Å². The largest absolute Gasteiger partial charge is 0.301 e. The van der Waals surface area contributed by atoms with Gasteiger partial charge in [-0.3, -0.25) is 0 Å². The third kappa shape index (κ3) is 3.34. The van der Waals surface area contributed by atoms with Gasteiger partial charge >= 0.3 is 0 Å². The van der Waals surface area contributed by atoms with E-state index < -0.39 is 10.0 Å². The van der Waals surface area contributed by atoms with Crippen molar-refractivity contribution >= 4 is 21.6 Å². The number of sulfonamides is 1. The normalized spacial score (nSPS) is 18.4. The number of nitrogens with zero attached hydrogens (tertiary/aromatic N) is 2. The van der Waals surface area contributed by atoms with Gasteiger partial charge in [0, 0.05) is 31.2 Å². The predicted octanol–water partition coefficient (Wildman–Crippen LogP) is 2.36. The number of hydrogen-bond donors (Lipinski definition) is 0. The highest BCUT2D eigenvalue weighted by Crippen LogP contribution is 2.23. The molecule has 1 heterocycles. The molecule has 0 radical (unpaired) electrons. The Balaban J connectivity index is 2.13. The van der Waals surface area contributed by atoms with Crippen molar-refractivity contribution in [1.82, 2.24) is 9.21 Å². The fourth-order valence-corrected chi connectivity index (χ4v) is 4.06. The molecule has 1 aliphatic rings. The number of benzene rings is 1. The fraction of sp³-hybridized carbons (Fsp3) is 0.571. The second-order valence-corrected chi connectivity index (χ2v) is 7.50. The second-order valence-electron chi connectivity index (χ2n) is 5.16. The number of halogens is 1. The molecule has 1 aliphatic heterocycles. The summed E-state index contributed by atoms with van der Waals surface area (Å²) in [6.07, 6.45) is 1.10. The van der Waals surface area contributed by atoms with Crippen LogP contribution in [-0.2, 0) is 10.0 Å². The smallest absolute Gasteiger partial charge is 0.243 e. The molecule has 0 aromatic heterocycles. The number of piperazine rings is 1. The molecule has 6 heteroatoms. The maximum atomic E-state index is 12.6. The van der Waals surface area contributed by atoms with Crippen molar-refractivity contribution in [3.8, 4) is 0 Å². The quantitative estimate of drug-likeness (QED) is 0.856. The summed E-state index contributed by atoms with van der Waals surface area (Å²) in [5.74, 6) is 0. The molecule has 1 aromatic carbocycles. The Morgan fingerprint density at radius 3 is 2.40 bits per heavy atom. The molecule has 0 spiro atoms. The topological polar surface area (TPSA) is 40.6 Å². The maximum Gasteiger partial charge on any atom is 0.243 e. The van der Waals surface area contributed by atoms with Crippen LogP contribution in [0.4, 0.5) is 0 Å². The lowest BCUT2D eigenvalue weighted by Crippen LogP contribution is -2.48. The van der Waals surface area contributed by atoms with Crippen LogP contribution in [0.1, 0.15) is 18.9 Å². The molecule has 1 saturated heterocycles. The van der Waals surface area contributed by atoms with Gasteiger partial charge in [0.1, 0.15) is 0 Å². The molecule has 0 unspecified atom stereocenters. The first-order valence-electron chi connectivity index (χ1n) is 6.94. The van der Waals surface area contributed by atoms with Crippen LogP contribution in [0, 0.1) is 6.92 Å². The summed E-state index contributed by atoms with van der Waals surface area (Å²) in [6, 6.07) is 4.89. The van der Waals surface area contributed by atoms with E-state index >= 15 is 0 Å². The van der Waals surface area contributed by atoms with Gasteiger partial charge in [0.25, 0.3) is 0 Å². The zero-order valence-electron chi connectivity index (χ0n) is 12.0. The Hall–Kier alpha value is -0.620. The van der Waals surface area contributed by atoms with Gasteiger partial charge in [-0.25, -0.2) is 8.42 Å². The zero-order chi connectivity index (χ0) is 14.8. The number of rotatable bonds is 4. The summed E-state index contributed by atoms with van der Waals surface area (Å²) in [4.78, 5) is 2.64. The summed E-state index contributed by atoms with van der Waals surface area (Å²) in [5, 5.41) is 0.594. The van der Waals surface area contributed by atoms with Gasteiger partial charge in [-0.15, -0.1) is 0 Å². The van der Waals surface area contributed by atoms with Crippen LogP contribution in [0.15, 0.2) is 23.1 Å². The summed E-state index contributed by atoms with van der Waals surface area (Å²) in [5.41, 5.74) is 0.789. The Bertz CT molecular complexity index is 567. The van der Waals surface area contributed by atoms with Crippen molar-refractivity contribution in [3.63, 3.8) is 0 Å². The highest BCUT2D eigenvalue weighted by molar-refractivity contribution is 7.89. The molecule has 4 nitrogen and oxygen atoms in total. The van der Waals surface area contributed by atoms with Gasteiger partial charge in [-0.1, -0.05) is 18.5 Å². The first-order valence-corrected chi connectivity index (χ1v) is 8.75. The van der Waals surface area contributed by atoms with Crippen molar-refractivity contribution in [2.24, 2.45) is 0 Å². The van der Waals surface area contributed by atoms with Crippen LogP contribution in [0.3, 0.4) is 0 Å². The van der Waals surface area contributed by atoms with Crippen molar-refractivity contribution < 1.29 is 8.42 Å². The highest BCUT2D eigenvalue weighted by Gasteiger charge is 2.28. The number of hydrogen-bond acceptors (Lipinski definition) is 3. The molecule has 20 heavy (non-hydrogen) atoms. The Morgan fingerprint density at radius 2 is 1.85 bits per heavy atom. The SMILES string of the molecule is CCCN1CCN(S(=O)(=O)c2ccc(Cl)c(C)c2)CC1. The van der Waals surface area contributed by atoms with Gasteiger partial charge < -0.3 is 4.90 Å². The van der Waals surface area contributed by atoms with Crippen LogP contribution in [0.5, 0.6) is 0 Å². The van der Waals surface area contributed by atoms with E-state index in [0.29, 0.717) is 23.0 Å². The van der Waals surface area contributed by atoms with Crippen molar-refractivity contribution in [2.75, 3.05) is 32.7 Å². The molecule has 2 rings (SSSR count). The molecule has 112 valence electrons. The van der Waals surface area contributed by atoms with E-state index in [9.17, 15) is 8.42 Å². The molecule has 0 N–H and O–H groups in total. The summed E-state index contributed by atoms with van der Waals surface area (Å²) >= 11 is 5.96. The van der Waals surface area contributed by atoms with Crippen LogP contribution in [0.2, 0.25) is 5.02 Å². The second kappa shape index (κ2) is 6.43. The minimum absolute atomic E-state index is 0.336. The monoisotopic (exact) mass is 316 g/mol. The van der Waals surface area contributed by atoms with E-state index in [1.807, 2.05) is 6.92 Å². The minimum Gasteiger partial charge on any atom is -0.301 e. The van der Waals surface area contributed by atoms with E-state index in [2.05, 4.69) is 11.8 Å².